The first-order valence-electron chi connectivity index (χ1n) is 12.0. The van der Waals surface area contributed by atoms with Crippen LogP contribution in [0.4, 0.5) is 0 Å². The van der Waals surface area contributed by atoms with Crippen molar-refractivity contribution in [1.82, 2.24) is 0 Å². The fraction of sp³-hybridized carbons (Fsp3) is 0.133. The minimum atomic E-state index is -0.767. The summed E-state index contributed by atoms with van der Waals surface area (Å²) in [4.78, 5) is 24.9. The van der Waals surface area contributed by atoms with Gasteiger partial charge in [-0.2, -0.15) is 10.5 Å². The maximum atomic E-state index is 12.4. The molecule has 2 aliphatic rings. The lowest BCUT2D eigenvalue weighted by molar-refractivity contribution is -0.140. The Kier molecular flexibility index (Phi) is 7.61. The Bertz CT molecular complexity index is 1490. The van der Waals surface area contributed by atoms with E-state index in [-0.39, 0.29) is 37.9 Å². The predicted octanol–water partition coefficient (Wildman–Crippen LogP) is 4.44. The molecule has 0 bridgehead atoms. The summed E-state index contributed by atoms with van der Waals surface area (Å²) in [5, 5.41) is 18.8. The number of hydrogen-bond acceptors (Lipinski definition) is 10. The predicted molar refractivity (Wildman–Crippen MR) is 138 cm³/mol. The second-order valence-corrected chi connectivity index (χ2v) is 8.53. The van der Waals surface area contributed by atoms with Gasteiger partial charge in [-0.25, -0.2) is 9.59 Å². The first-order valence-corrected chi connectivity index (χ1v) is 12.0. The molecular formula is C30H20N2O8. The molecule has 0 atom stereocenters. The molecule has 2 aliphatic heterocycles. The molecule has 0 N–H and O–H groups in total. The molecule has 10 nitrogen and oxygen atoms in total. The summed E-state index contributed by atoms with van der Waals surface area (Å²) in [6, 6.07) is 20.7. The van der Waals surface area contributed by atoms with Crippen LogP contribution in [0.5, 0.6) is 23.0 Å². The maximum absolute atomic E-state index is 12.4. The van der Waals surface area contributed by atoms with Gasteiger partial charge in [-0.15, -0.1) is 0 Å². The molecule has 5 rings (SSSR count). The first kappa shape index (κ1) is 25.9. The second kappa shape index (κ2) is 11.8. The van der Waals surface area contributed by atoms with E-state index in [2.05, 4.69) is 0 Å². The molecule has 0 saturated heterocycles. The van der Waals surface area contributed by atoms with Gasteiger partial charge >= 0.3 is 11.9 Å². The van der Waals surface area contributed by atoms with Gasteiger partial charge in [0.2, 0.25) is 13.6 Å². The van der Waals surface area contributed by atoms with Crippen molar-refractivity contribution in [2.45, 2.75) is 13.2 Å². The summed E-state index contributed by atoms with van der Waals surface area (Å²) in [5.41, 5.74) is 2.21. The zero-order valence-corrected chi connectivity index (χ0v) is 20.9. The highest BCUT2D eigenvalue weighted by atomic mass is 16.7. The van der Waals surface area contributed by atoms with Crippen molar-refractivity contribution in [2.24, 2.45) is 0 Å². The zero-order chi connectivity index (χ0) is 27.9. The van der Waals surface area contributed by atoms with Gasteiger partial charge in [-0.3, -0.25) is 0 Å². The molecule has 10 heteroatoms. The Morgan fingerprint density at radius 2 is 1.05 bits per heavy atom. The minimum Gasteiger partial charge on any atom is -0.457 e. The number of fused-ring (bicyclic) bond motifs is 2. The number of hydrogen-bond donors (Lipinski definition) is 0. The maximum Gasteiger partial charge on any atom is 0.349 e. The van der Waals surface area contributed by atoms with Gasteiger partial charge in [0.1, 0.15) is 36.5 Å². The van der Waals surface area contributed by atoms with Crippen LogP contribution in [0, 0.1) is 22.7 Å². The summed E-state index contributed by atoms with van der Waals surface area (Å²) in [7, 11) is 0. The van der Waals surface area contributed by atoms with Crippen LogP contribution >= 0.6 is 0 Å². The smallest absolute Gasteiger partial charge is 0.349 e. The van der Waals surface area contributed by atoms with Crippen molar-refractivity contribution in [3.63, 3.8) is 0 Å². The van der Waals surface area contributed by atoms with Crippen LogP contribution in [-0.4, -0.2) is 25.5 Å². The second-order valence-electron chi connectivity index (χ2n) is 8.53. The Morgan fingerprint density at radius 1 is 0.650 bits per heavy atom. The molecule has 2 heterocycles. The molecule has 0 spiro atoms. The van der Waals surface area contributed by atoms with Crippen molar-refractivity contribution >= 4 is 24.1 Å². The van der Waals surface area contributed by atoms with Crippen LogP contribution in [-0.2, 0) is 32.3 Å². The average Bonchev–Trinajstić information content (AvgIpc) is 3.65. The topological polar surface area (TPSA) is 137 Å². The lowest BCUT2D eigenvalue weighted by Crippen LogP contribution is -2.08. The molecular weight excluding hydrogens is 516 g/mol. The Morgan fingerprint density at radius 3 is 1.45 bits per heavy atom. The van der Waals surface area contributed by atoms with E-state index < -0.39 is 11.9 Å². The van der Waals surface area contributed by atoms with Crippen molar-refractivity contribution in [1.29, 1.82) is 10.5 Å². The minimum absolute atomic E-state index is 0.0596. The van der Waals surface area contributed by atoms with Gasteiger partial charge in [0.05, 0.1) is 0 Å². The van der Waals surface area contributed by atoms with Gasteiger partial charge in [0.15, 0.2) is 23.0 Å². The monoisotopic (exact) mass is 536 g/mol. The van der Waals surface area contributed by atoms with E-state index in [0.29, 0.717) is 45.3 Å². The molecule has 198 valence electrons. The third-order valence-corrected chi connectivity index (χ3v) is 5.86. The van der Waals surface area contributed by atoms with Crippen LogP contribution in [0.3, 0.4) is 0 Å². The fourth-order valence-corrected chi connectivity index (χ4v) is 3.80. The number of nitriles is 2. The summed E-state index contributed by atoms with van der Waals surface area (Å²) in [5.74, 6) is 0.733. The van der Waals surface area contributed by atoms with Gasteiger partial charge < -0.3 is 28.4 Å². The van der Waals surface area contributed by atoms with Gasteiger partial charge in [0.25, 0.3) is 0 Å². The third kappa shape index (κ3) is 6.04. The largest absolute Gasteiger partial charge is 0.457 e. The Hall–Kier alpha value is -5.74. The highest BCUT2D eigenvalue weighted by molar-refractivity contribution is 5.98. The summed E-state index contributed by atoms with van der Waals surface area (Å²) < 4.78 is 31.7. The molecule has 40 heavy (non-hydrogen) atoms. The highest BCUT2D eigenvalue weighted by Crippen LogP contribution is 2.34. The first-order chi connectivity index (χ1) is 19.5. The summed E-state index contributed by atoms with van der Waals surface area (Å²) in [6.45, 7) is 0.125. The number of esters is 2. The Balaban J connectivity index is 1.13. The van der Waals surface area contributed by atoms with Crippen molar-refractivity contribution < 1.29 is 38.0 Å². The van der Waals surface area contributed by atoms with Crippen molar-refractivity contribution in [3.05, 3.63) is 94.1 Å². The van der Waals surface area contributed by atoms with Crippen molar-refractivity contribution in [3.8, 4) is 35.1 Å². The molecule has 3 aromatic rings. The van der Waals surface area contributed by atoms with E-state index in [0.717, 1.165) is 0 Å². The van der Waals surface area contributed by atoms with E-state index in [1.807, 2.05) is 12.1 Å². The van der Waals surface area contributed by atoms with E-state index in [4.69, 9.17) is 28.4 Å². The molecule has 3 aromatic carbocycles. The van der Waals surface area contributed by atoms with Crippen LogP contribution in [0.25, 0.3) is 12.2 Å². The van der Waals surface area contributed by atoms with Crippen LogP contribution in [0.1, 0.15) is 22.3 Å². The van der Waals surface area contributed by atoms with Crippen molar-refractivity contribution in [2.75, 3.05) is 13.6 Å². The summed E-state index contributed by atoms with van der Waals surface area (Å²) in [6.07, 6.45) is 2.83. The standard InChI is InChI=1S/C30H20N2O8/c31-13-23(9-21-5-7-25-27(11-21)39-17-37-25)29(33)35-15-19-1-2-20(4-3-19)16-36-30(34)24(14-32)10-22-6-8-26-28(12-22)40-18-38-26/h1-12H,15-18H2. The van der Waals surface area contributed by atoms with E-state index in [1.54, 1.807) is 60.7 Å². The van der Waals surface area contributed by atoms with Crippen LogP contribution in [0.2, 0.25) is 0 Å². The number of carbonyl (C=O) groups excluding carboxylic acids is 2. The average molecular weight is 536 g/mol. The number of nitrogens with zero attached hydrogens (tertiary/aromatic N) is 2. The highest BCUT2D eigenvalue weighted by Gasteiger charge is 2.17. The Labute approximate surface area is 228 Å². The molecule has 0 amide bonds. The normalized spacial score (nSPS) is 13.2. The lowest BCUT2D eigenvalue weighted by Gasteiger charge is -2.07. The van der Waals surface area contributed by atoms with Gasteiger partial charge in [-0.1, -0.05) is 36.4 Å². The molecule has 0 aliphatic carbocycles. The number of carbonyl (C=O) groups is 2. The number of ether oxygens (including phenoxy) is 6. The van der Waals surface area contributed by atoms with E-state index in [9.17, 15) is 20.1 Å². The van der Waals surface area contributed by atoms with Crippen LogP contribution < -0.4 is 18.9 Å². The fourth-order valence-electron chi connectivity index (χ4n) is 3.80. The van der Waals surface area contributed by atoms with Gasteiger partial charge in [-0.05, 0) is 58.7 Å². The van der Waals surface area contributed by atoms with E-state index in [1.165, 1.54) is 12.2 Å². The quantitative estimate of drug-likeness (QED) is 0.231. The molecule has 0 aromatic heterocycles. The van der Waals surface area contributed by atoms with Crippen LogP contribution in [0.15, 0.2) is 71.8 Å². The van der Waals surface area contributed by atoms with Gasteiger partial charge in [0, 0.05) is 0 Å². The molecule has 0 fully saturated rings. The third-order valence-electron chi connectivity index (χ3n) is 5.86. The number of benzene rings is 3. The lowest BCUT2D eigenvalue weighted by atomic mass is 10.1. The molecule has 0 saturated carbocycles. The molecule has 0 radical (unpaired) electrons. The molecule has 0 unspecified atom stereocenters. The SMILES string of the molecule is N#CC(=Cc1ccc2c(c1)OCO2)C(=O)OCc1ccc(COC(=O)C(C#N)=Cc2ccc3c(c2)OCO3)cc1. The van der Waals surface area contributed by atoms with E-state index >= 15 is 0 Å². The zero-order valence-electron chi connectivity index (χ0n) is 20.9. The summed E-state index contributed by atoms with van der Waals surface area (Å²) >= 11 is 0. The number of rotatable bonds is 8.